The number of halogens is 4. The molecule has 6 nitrogen and oxygen atoms in total. The number of hydrogen-bond donors (Lipinski definition) is 0. The topological polar surface area (TPSA) is 59.1 Å². The molecule has 1 saturated heterocycles. The Morgan fingerprint density at radius 1 is 0.872 bits per heavy atom. The van der Waals surface area contributed by atoms with Crippen molar-refractivity contribution < 1.29 is 32.2 Å². The van der Waals surface area contributed by atoms with Crippen LogP contribution in [0.5, 0.6) is 0 Å². The number of carbonyl (C=O) groups excluding carboxylic acids is 2. The molecule has 1 aliphatic heterocycles. The molecule has 10 heteroatoms. The molecule has 0 saturated carbocycles. The Morgan fingerprint density at radius 3 is 2.03 bits per heavy atom. The third kappa shape index (κ3) is 7.59. The van der Waals surface area contributed by atoms with Gasteiger partial charge in [0.15, 0.2) is 0 Å². The maximum Gasteiger partial charge on any atom is 0.416 e. The monoisotopic (exact) mass is 560 g/mol. The molecule has 1 fully saturated rings. The summed E-state index contributed by atoms with van der Waals surface area (Å²) in [7, 11) is 1.30. The van der Waals surface area contributed by atoms with Gasteiger partial charge in [0.05, 0.1) is 30.9 Å². The van der Waals surface area contributed by atoms with Crippen LogP contribution in [0.3, 0.4) is 0 Å². The van der Waals surface area contributed by atoms with Gasteiger partial charge in [-0.05, 0) is 59.7 Å². The molecule has 206 valence electrons. The van der Waals surface area contributed by atoms with Crippen LogP contribution in [0.25, 0.3) is 0 Å². The lowest BCUT2D eigenvalue weighted by molar-refractivity contribution is -0.137. The molecule has 0 bridgehead atoms. The van der Waals surface area contributed by atoms with E-state index in [1.165, 1.54) is 19.2 Å². The first-order chi connectivity index (χ1) is 18.6. The minimum Gasteiger partial charge on any atom is -0.465 e. The van der Waals surface area contributed by atoms with Crippen molar-refractivity contribution >= 4 is 23.5 Å². The highest BCUT2D eigenvalue weighted by Crippen LogP contribution is 2.30. The number of piperazine rings is 1. The number of methoxy groups -OCH3 is 1. The minimum atomic E-state index is -4.39. The van der Waals surface area contributed by atoms with Crippen molar-refractivity contribution in [2.45, 2.75) is 18.9 Å². The van der Waals surface area contributed by atoms with Crippen LogP contribution in [-0.2, 0) is 22.3 Å². The number of rotatable bonds is 8. The molecular formula is C29H28ClF3N2O4. The lowest BCUT2D eigenvalue weighted by atomic mass is 10.1. The van der Waals surface area contributed by atoms with Crippen molar-refractivity contribution in [2.24, 2.45) is 0 Å². The molecule has 0 aliphatic carbocycles. The molecule has 0 radical (unpaired) electrons. The predicted molar refractivity (Wildman–Crippen MR) is 141 cm³/mol. The van der Waals surface area contributed by atoms with E-state index in [4.69, 9.17) is 21.1 Å². The summed E-state index contributed by atoms with van der Waals surface area (Å²) in [5.74, 6) is -0.572. The fraction of sp³-hybridized carbons (Fsp3) is 0.310. The smallest absolute Gasteiger partial charge is 0.416 e. The number of alkyl halides is 3. The first-order valence-corrected chi connectivity index (χ1v) is 12.7. The zero-order valence-electron chi connectivity index (χ0n) is 21.3. The van der Waals surface area contributed by atoms with Gasteiger partial charge < -0.3 is 14.4 Å². The van der Waals surface area contributed by atoms with Crippen LogP contribution >= 0.6 is 11.6 Å². The summed E-state index contributed by atoms with van der Waals surface area (Å²) < 4.78 is 49.6. The van der Waals surface area contributed by atoms with E-state index in [0.29, 0.717) is 54.4 Å². The molecule has 0 aromatic heterocycles. The van der Waals surface area contributed by atoms with Gasteiger partial charge in [-0.1, -0.05) is 35.9 Å². The Hall–Kier alpha value is -3.40. The van der Waals surface area contributed by atoms with Gasteiger partial charge >= 0.3 is 12.1 Å². The zero-order valence-corrected chi connectivity index (χ0v) is 22.0. The highest BCUT2D eigenvalue weighted by molar-refractivity contribution is 6.30. The fourth-order valence-electron chi connectivity index (χ4n) is 4.34. The summed E-state index contributed by atoms with van der Waals surface area (Å²) in [6, 6.07) is 18.6. The van der Waals surface area contributed by atoms with Crippen LogP contribution < -0.4 is 0 Å². The Labute approximate surface area is 229 Å². The van der Waals surface area contributed by atoms with Gasteiger partial charge in [-0.25, -0.2) is 4.79 Å². The Balaban J connectivity index is 1.37. The number of carbonyl (C=O) groups is 2. The molecule has 4 rings (SSSR count). The van der Waals surface area contributed by atoms with Gasteiger partial charge in [0.2, 0.25) is 0 Å². The molecule has 0 unspecified atom stereocenters. The van der Waals surface area contributed by atoms with Crippen LogP contribution in [0, 0.1) is 0 Å². The maximum atomic E-state index is 13.0. The van der Waals surface area contributed by atoms with Crippen LogP contribution in [-0.4, -0.2) is 61.5 Å². The molecular weight excluding hydrogens is 533 g/mol. The molecule has 0 N–H and O–H groups in total. The number of nitrogens with zero attached hydrogens (tertiary/aromatic N) is 2. The lowest BCUT2D eigenvalue weighted by Crippen LogP contribution is -2.49. The van der Waals surface area contributed by atoms with Crippen molar-refractivity contribution in [1.82, 2.24) is 9.80 Å². The van der Waals surface area contributed by atoms with Gasteiger partial charge in [-0.15, -0.1) is 0 Å². The average Bonchev–Trinajstić information content (AvgIpc) is 2.95. The Bertz CT molecular complexity index is 1260. The van der Waals surface area contributed by atoms with Crippen molar-refractivity contribution in [2.75, 3.05) is 39.8 Å². The van der Waals surface area contributed by atoms with E-state index >= 15 is 0 Å². The lowest BCUT2D eigenvalue weighted by Gasteiger charge is -2.36. The summed E-state index contributed by atoms with van der Waals surface area (Å²) in [5, 5.41) is 0.590. The highest BCUT2D eigenvalue weighted by atomic mass is 35.5. The third-order valence-corrected chi connectivity index (χ3v) is 6.86. The molecule has 1 aliphatic rings. The third-order valence-electron chi connectivity index (χ3n) is 6.61. The first kappa shape index (κ1) is 28.6. The molecule has 1 heterocycles. The van der Waals surface area contributed by atoms with Gasteiger partial charge in [-0.2, -0.15) is 13.2 Å². The second kappa shape index (κ2) is 12.6. The standard InChI is InChI=1S/C29H28ClF3N2O4/c1-38-28(37)23-6-4-22(5-7-23)27(36)35-16-14-34(15-17-35)18-26(21-8-12-25(30)13-9-21)39-19-20-2-10-24(11-3-20)29(31,32)33/h2-13,26H,14-19H2,1H3/t26-/m1/s1. The Morgan fingerprint density at radius 2 is 1.46 bits per heavy atom. The van der Waals surface area contributed by atoms with Gasteiger partial charge in [-0.3, -0.25) is 9.69 Å². The zero-order chi connectivity index (χ0) is 28.0. The number of amides is 1. The fourth-order valence-corrected chi connectivity index (χ4v) is 4.46. The SMILES string of the molecule is COC(=O)c1ccc(C(=O)N2CCN(C[C@@H](OCc3ccc(C(F)(F)F)cc3)c3ccc(Cl)cc3)CC2)cc1. The van der Waals surface area contributed by atoms with E-state index < -0.39 is 17.7 Å². The summed E-state index contributed by atoms with van der Waals surface area (Å²) in [4.78, 5) is 28.6. The largest absolute Gasteiger partial charge is 0.465 e. The summed E-state index contributed by atoms with van der Waals surface area (Å²) in [6.07, 6.45) is -4.74. The predicted octanol–water partition coefficient (Wildman–Crippen LogP) is 5.86. The van der Waals surface area contributed by atoms with Gasteiger partial charge in [0.1, 0.15) is 0 Å². The highest BCUT2D eigenvalue weighted by Gasteiger charge is 2.30. The number of esters is 1. The van der Waals surface area contributed by atoms with E-state index in [1.54, 1.807) is 41.3 Å². The Kier molecular flexibility index (Phi) is 9.27. The van der Waals surface area contributed by atoms with Crippen LogP contribution in [0.4, 0.5) is 13.2 Å². The van der Waals surface area contributed by atoms with Crippen LogP contribution in [0.15, 0.2) is 72.8 Å². The molecule has 3 aromatic carbocycles. The second-order valence-corrected chi connectivity index (χ2v) is 9.64. The van der Waals surface area contributed by atoms with Crippen molar-refractivity contribution in [3.8, 4) is 0 Å². The summed E-state index contributed by atoms with van der Waals surface area (Å²) >= 11 is 6.06. The van der Waals surface area contributed by atoms with Gasteiger partial charge in [0.25, 0.3) is 5.91 Å². The molecule has 1 atom stereocenters. The molecule has 39 heavy (non-hydrogen) atoms. The number of hydrogen-bond acceptors (Lipinski definition) is 5. The maximum absolute atomic E-state index is 13.0. The van der Waals surface area contributed by atoms with Gasteiger partial charge in [0, 0.05) is 43.3 Å². The minimum absolute atomic E-state index is 0.112. The summed E-state index contributed by atoms with van der Waals surface area (Å²) in [6.45, 7) is 2.97. The average molecular weight is 561 g/mol. The van der Waals surface area contributed by atoms with E-state index in [-0.39, 0.29) is 18.6 Å². The van der Waals surface area contributed by atoms with Crippen LogP contribution in [0.1, 0.15) is 43.5 Å². The number of ether oxygens (including phenoxy) is 2. The first-order valence-electron chi connectivity index (χ1n) is 12.4. The van der Waals surface area contributed by atoms with Crippen molar-refractivity contribution in [1.29, 1.82) is 0 Å². The van der Waals surface area contributed by atoms with E-state index in [1.807, 2.05) is 12.1 Å². The van der Waals surface area contributed by atoms with Crippen molar-refractivity contribution in [3.63, 3.8) is 0 Å². The van der Waals surface area contributed by atoms with E-state index in [0.717, 1.165) is 17.7 Å². The van der Waals surface area contributed by atoms with Crippen molar-refractivity contribution in [3.05, 3.63) is 106 Å². The molecule has 3 aromatic rings. The number of benzene rings is 3. The second-order valence-electron chi connectivity index (χ2n) is 9.21. The molecule has 0 spiro atoms. The quantitative estimate of drug-likeness (QED) is 0.323. The van der Waals surface area contributed by atoms with E-state index in [2.05, 4.69) is 4.90 Å². The summed E-state index contributed by atoms with van der Waals surface area (Å²) in [5.41, 5.74) is 1.71. The van der Waals surface area contributed by atoms with E-state index in [9.17, 15) is 22.8 Å². The molecule has 1 amide bonds. The van der Waals surface area contributed by atoms with Crippen LogP contribution in [0.2, 0.25) is 5.02 Å². The normalized spacial score (nSPS) is 15.2.